The van der Waals surface area contributed by atoms with Gasteiger partial charge in [0.1, 0.15) is 0 Å². The highest BCUT2D eigenvalue weighted by Crippen LogP contribution is 2.22. The molecule has 5 nitrogen and oxygen atoms in total. The largest absolute Gasteiger partial charge is 0.308 e. The van der Waals surface area contributed by atoms with Crippen molar-refractivity contribution in [1.29, 1.82) is 0 Å². The molecular formula is C12H17BrN2O3S. The van der Waals surface area contributed by atoms with Crippen LogP contribution in [0.4, 0.5) is 5.69 Å². The predicted octanol–water partition coefficient (Wildman–Crippen LogP) is 3.32. The van der Waals surface area contributed by atoms with Crippen LogP contribution in [0.15, 0.2) is 15.5 Å². The van der Waals surface area contributed by atoms with Gasteiger partial charge >= 0.3 is 0 Å². The van der Waals surface area contributed by atoms with E-state index in [0.717, 1.165) is 31.4 Å². The lowest BCUT2D eigenvalue weighted by Crippen LogP contribution is -2.22. The molecule has 0 saturated carbocycles. The third-order valence-electron chi connectivity index (χ3n) is 2.94. The number of rotatable bonds is 7. The fraction of sp³-hybridized carbons (Fsp3) is 0.583. The van der Waals surface area contributed by atoms with E-state index in [1.54, 1.807) is 6.92 Å². The molecule has 0 radical (unpaired) electrons. The molecule has 106 valence electrons. The topological polar surface area (TPSA) is 65.1 Å². The molecule has 0 N–H and O–H groups in total. The third kappa shape index (κ3) is 4.35. The number of thiol groups is 1. The molecule has 0 aliphatic heterocycles. The molecule has 0 spiro atoms. The molecule has 7 heteroatoms. The van der Waals surface area contributed by atoms with Crippen molar-refractivity contribution in [1.82, 2.24) is 4.57 Å². The Labute approximate surface area is 125 Å². The van der Waals surface area contributed by atoms with Gasteiger partial charge in [0, 0.05) is 12.1 Å². The van der Waals surface area contributed by atoms with E-state index in [1.165, 1.54) is 10.8 Å². The number of hydrogen-bond donors (Lipinski definition) is 1. The van der Waals surface area contributed by atoms with Gasteiger partial charge in [-0.05, 0) is 41.4 Å². The fourth-order valence-corrected chi connectivity index (χ4v) is 2.45. The lowest BCUT2D eigenvalue weighted by molar-refractivity contribution is -0.386. The quantitative estimate of drug-likeness (QED) is 0.355. The molecule has 1 heterocycles. The monoisotopic (exact) mass is 348 g/mol. The first kappa shape index (κ1) is 16.2. The molecule has 0 fully saturated rings. The van der Waals surface area contributed by atoms with Crippen LogP contribution in [0, 0.1) is 17.0 Å². The molecule has 0 atom stereocenters. The second-order valence-corrected chi connectivity index (χ2v) is 5.59. The summed E-state index contributed by atoms with van der Waals surface area (Å²) in [6, 6.07) is 0. The summed E-state index contributed by atoms with van der Waals surface area (Å²) in [6.07, 6.45) is 5.27. The number of unbranched alkanes of at least 4 members (excludes halogenated alkanes) is 3. The van der Waals surface area contributed by atoms with Crippen molar-refractivity contribution < 1.29 is 4.92 Å². The van der Waals surface area contributed by atoms with Gasteiger partial charge < -0.3 is 4.57 Å². The van der Waals surface area contributed by atoms with E-state index in [1.807, 2.05) is 0 Å². The van der Waals surface area contributed by atoms with Crippen molar-refractivity contribution in [3.05, 3.63) is 36.7 Å². The van der Waals surface area contributed by atoms with E-state index in [0.29, 0.717) is 12.1 Å². The third-order valence-corrected chi connectivity index (χ3v) is 4.19. The SMILES string of the molecule is Cc1c([N+](=O)[O-])cn(CCCCCCS)c(=O)c1Br. The van der Waals surface area contributed by atoms with Gasteiger partial charge in [0.15, 0.2) is 0 Å². The molecule has 0 bridgehead atoms. The van der Waals surface area contributed by atoms with Gasteiger partial charge in [-0.2, -0.15) is 12.6 Å². The number of pyridine rings is 1. The number of halogens is 1. The summed E-state index contributed by atoms with van der Waals surface area (Å²) < 4.78 is 1.69. The molecule has 0 aliphatic carbocycles. The summed E-state index contributed by atoms with van der Waals surface area (Å²) in [5.74, 6) is 0.863. The maximum absolute atomic E-state index is 12.0. The van der Waals surface area contributed by atoms with Crippen molar-refractivity contribution >= 4 is 34.2 Å². The lowest BCUT2D eigenvalue weighted by atomic mass is 10.2. The zero-order valence-corrected chi connectivity index (χ0v) is 13.2. The molecule has 0 saturated heterocycles. The average Bonchev–Trinajstić information content (AvgIpc) is 2.37. The Morgan fingerprint density at radius 1 is 1.37 bits per heavy atom. The smallest absolute Gasteiger partial charge is 0.289 e. The summed E-state index contributed by atoms with van der Waals surface area (Å²) >= 11 is 7.27. The predicted molar refractivity (Wildman–Crippen MR) is 82.1 cm³/mol. The molecule has 1 aromatic rings. The van der Waals surface area contributed by atoms with Crippen LogP contribution in [0.3, 0.4) is 0 Å². The first-order valence-corrected chi connectivity index (χ1v) is 7.56. The number of aryl methyl sites for hydroxylation is 1. The van der Waals surface area contributed by atoms with Crippen LogP contribution < -0.4 is 5.56 Å². The molecular weight excluding hydrogens is 332 g/mol. The normalized spacial score (nSPS) is 10.7. The van der Waals surface area contributed by atoms with Crippen molar-refractivity contribution in [2.24, 2.45) is 0 Å². The average molecular weight is 349 g/mol. The number of nitro groups is 1. The molecule has 1 rings (SSSR count). The molecule has 0 aromatic carbocycles. The number of hydrogen-bond acceptors (Lipinski definition) is 4. The first-order valence-electron chi connectivity index (χ1n) is 6.13. The molecule has 0 aliphatic rings. The van der Waals surface area contributed by atoms with Crippen LogP contribution in [-0.2, 0) is 6.54 Å². The highest BCUT2D eigenvalue weighted by Gasteiger charge is 2.18. The minimum atomic E-state index is -0.461. The first-order chi connectivity index (χ1) is 8.99. The molecule has 0 unspecified atom stereocenters. The van der Waals surface area contributed by atoms with Gasteiger partial charge in [0.25, 0.3) is 11.2 Å². The van der Waals surface area contributed by atoms with Crippen molar-refractivity contribution in [3.63, 3.8) is 0 Å². The van der Waals surface area contributed by atoms with Gasteiger partial charge in [0.05, 0.1) is 15.6 Å². The van der Waals surface area contributed by atoms with Gasteiger partial charge in [-0.3, -0.25) is 14.9 Å². The van der Waals surface area contributed by atoms with Gasteiger partial charge in [-0.15, -0.1) is 0 Å². The fourth-order valence-electron chi connectivity index (χ4n) is 1.80. The lowest BCUT2D eigenvalue weighted by Gasteiger charge is -2.08. The van der Waals surface area contributed by atoms with Crippen LogP contribution in [0.5, 0.6) is 0 Å². The summed E-state index contributed by atoms with van der Waals surface area (Å²) in [5, 5.41) is 10.9. The minimum Gasteiger partial charge on any atom is -0.308 e. The molecule has 1 aromatic heterocycles. The van der Waals surface area contributed by atoms with Crippen LogP contribution >= 0.6 is 28.6 Å². The van der Waals surface area contributed by atoms with E-state index in [9.17, 15) is 14.9 Å². The standard InChI is InChI=1S/C12H17BrN2O3S/c1-9-10(15(17)18)8-14(12(16)11(9)13)6-4-2-3-5-7-19/h8,19H,2-7H2,1H3. The van der Waals surface area contributed by atoms with Crippen molar-refractivity contribution in [2.45, 2.75) is 39.2 Å². The summed E-state index contributed by atoms with van der Waals surface area (Å²) in [5.41, 5.74) is 0.139. The Balaban J connectivity index is 2.84. The minimum absolute atomic E-state index is 0.0261. The van der Waals surface area contributed by atoms with E-state index >= 15 is 0 Å². The molecule has 0 amide bonds. The Morgan fingerprint density at radius 3 is 2.58 bits per heavy atom. The van der Waals surface area contributed by atoms with Crippen LogP contribution in [0.25, 0.3) is 0 Å². The molecule has 19 heavy (non-hydrogen) atoms. The Bertz CT molecular complexity index is 516. The maximum atomic E-state index is 12.0. The summed E-state index contributed by atoms with van der Waals surface area (Å²) in [6.45, 7) is 2.08. The van der Waals surface area contributed by atoms with E-state index in [-0.39, 0.29) is 15.7 Å². The number of nitrogens with zero attached hydrogens (tertiary/aromatic N) is 2. The second kappa shape index (κ2) is 7.69. The maximum Gasteiger partial charge on any atom is 0.289 e. The highest BCUT2D eigenvalue weighted by molar-refractivity contribution is 9.10. The Kier molecular flexibility index (Phi) is 6.57. The van der Waals surface area contributed by atoms with Crippen molar-refractivity contribution in [2.75, 3.05) is 5.75 Å². The van der Waals surface area contributed by atoms with E-state index in [4.69, 9.17) is 0 Å². The van der Waals surface area contributed by atoms with Crippen molar-refractivity contribution in [3.8, 4) is 0 Å². The Morgan fingerprint density at radius 2 is 2.00 bits per heavy atom. The van der Waals surface area contributed by atoms with Gasteiger partial charge in [-0.25, -0.2) is 0 Å². The van der Waals surface area contributed by atoms with E-state index < -0.39 is 4.92 Å². The zero-order valence-electron chi connectivity index (χ0n) is 10.8. The van der Waals surface area contributed by atoms with Crippen LogP contribution in [0.1, 0.15) is 31.2 Å². The van der Waals surface area contributed by atoms with Crippen LogP contribution in [0.2, 0.25) is 0 Å². The van der Waals surface area contributed by atoms with Gasteiger partial charge in [0.2, 0.25) is 0 Å². The second-order valence-electron chi connectivity index (χ2n) is 4.35. The van der Waals surface area contributed by atoms with Crippen LogP contribution in [-0.4, -0.2) is 15.2 Å². The summed E-state index contributed by atoms with van der Waals surface area (Å²) in [7, 11) is 0. The zero-order chi connectivity index (χ0) is 14.4. The highest BCUT2D eigenvalue weighted by atomic mass is 79.9. The van der Waals surface area contributed by atoms with E-state index in [2.05, 4.69) is 28.6 Å². The van der Waals surface area contributed by atoms with Gasteiger partial charge in [-0.1, -0.05) is 12.8 Å². The Hall–Kier alpha value is -0.820. The summed E-state index contributed by atoms with van der Waals surface area (Å²) in [4.78, 5) is 22.4. The number of aromatic nitrogens is 1.